The molecule has 7 nitrogen and oxygen atoms in total. The molecule has 0 aliphatic carbocycles. The van der Waals surface area contributed by atoms with E-state index in [1.165, 1.54) is 0 Å². The summed E-state index contributed by atoms with van der Waals surface area (Å²) in [6.45, 7) is 9.46. The van der Waals surface area contributed by atoms with Gasteiger partial charge >= 0.3 is 0 Å². The lowest BCUT2D eigenvalue weighted by Crippen LogP contribution is -2.53. The van der Waals surface area contributed by atoms with Crippen LogP contribution in [0.15, 0.2) is 23.2 Å². The van der Waals surface area contributed by atoms with E-state index in [1.54, 1.807) is 7.11 Å². The zero-order valence-electron chi connectivity index (χ0n) is 18.4. The van der Waals surface area contributed by atoms with Crippen molar-refractivity contribution < 1.29 is 18.9 Å². The van der Waals surface area contributed by atoms with E-state index in [2.05, 4.69) is 30.1 Å². The van der Waals surface area contributed by atoms with E-state index in [0.717, 1.165) is 68.5 Å². The Labute approximate surface area is 197 Å². The van der Waals surface area contributed by atoms with Crippen molar-refractivity contribution in [3.63, 3.8) is 0 Å². The van der Waals surface area contributed by atoms with Crippen LogP contribution in [0.25, 0.3) is 0 Å². The van der Waals surface area contributed by atoms with E-state index in [4.69, 9.17) is 23.9 Å². The monoisotopic (exact) mass is 533 g/mol. The van der Waals surface area contributed by atoms with E-state index >= 15 is 0 Å². The molecule has 0 spiro atoms. The fourth-order valence-electron chi connectivity index (χ4n) is 3.72. The van der Waals surface area contributed by atoms with Crippen LogP contribution in [0.3, 0.4) is 0 Å². The first-order valence-corrected chi connectivity index (χ1v) is 10.8. The summed E-state index contributed by atoms with van der Waals surface area (Å²) in [7, 11) is 1.67. The standard InChI is InChI=1S/C22H35N3O4.HI/c1-4-11-27-19-9-8-17(14-20(19)26-3)15-24-22(23-5-2)25-10-13-29-21(16-25)18-7-6-12-28-18;/h8-9,14,18,21H,4-7,10-13,15-16H2,1-3H3,(H,23,24);1H. The summed E-state index contributed by atoms with van der Waals surface area (Å²) in [5.41, 5.74) is 1.09. The van der Waals surface area contributed by atoms with Crippen LogP contribution in [0.2, 0.25) is 0 Å². The number of morpholine rings is 1. The fourth-order valence-corrected chi connectivity index (χ4v) is 3.72. The van der Waals surface area contributed by atoms with E-state index in [1.807, 2.05) is 12.1 Å². The summed E-state index contributed by atoms with van der Waals surface area (Å²) >= 11 is 0. The summed E-state index contributed by atoms with van der Waals surface area (Å²) in [4.78, 5) is 7.16. The zero-order valence-corrected chi connectivity index (χ0v) is 20.7. The average Bonchev–Trinajstić information content (AvgIpc) is 3.30. The van der Waals surface area contributed by atoms with Crippen LogP contribution < -0.4 is 14.8 Å². The summed E-state index contributed by atoms with van der Waals surface area (Å²) in [6.07, 6.45) is 3.50. The van der Waals surface area contributed by atoms with Gasteiger partial charge in [-0.2, -0.15) is 0 Å². The van der Waals surface area contributed by atoms with Gasteiger partial charge in [0, 0.05) is 26.2 Å². The van der Waals surface area contributed by atoms with Gasteiger partial charge in [0.1, 0.15) is 6.10 Å². The maximum Gasteiger partial charge on any atom is 0.194 e. The maximum atomic E-state index is 5.98. The highest BCUT2D eigenvalue weighted by Gasteiger charge is 2.32. The van der Waals surface area contributed by atoms with Crippen molar-refractivity contribution in [3.8, 4) is 11.5 Å². The van der Waals surface area contributed by atoms with Crippen LogP contribution in [0.1, 0.15) is 38.7 Å². The van der Waals surface area contributed by atoms with Gasteiger partial charge in [0.2, 0.25) is 0 Å². The van der Waals surface area contributed by atoms with E-state index in [0.29, 0.717) is 19.8 Å². The lowest BCUT2D eigenvalue weighted by atomic mass is 10.1. The number of hydrogen-bond acceptors (Lipinski definition) is 5. The molecule has 0 radical (unpaired) electrons. The number of benzene rings is 1. The molecule has 8 heteroatoms. The highest BCUT2D eigenvalue weighted by Crippen LogP contribution is 2.28. The van der Waals surface area contributed by atoms with E-state index < -0.39 is 0 Å². The molecule has 170 valence electrons. The molecule has 2 aliphatic rings. The number of guanidine groups is 1. The minimum Gasteiger partial charge on any atom is -0.493 e. The summed E-state index contributed by atoms with van der Waals surface area (Å²) in [5.74, 6) is 2.45. The first-order valence-electron chi connectivity index (χ1n) is 10.8. The van der Waals surface area contributed by atoms with Crippen molar-refractivity contribution in [3.05, 3.63) is 23.8 Å². The van der Waals surface area contributed by atoms with Crippen molar-refractivity contribution in [2.75, 3.05) is 46.6 Å². The quantitative estimate of drug-likeness (QED) is 0.314. The van der Waals surface area contributed by atoms with Gasteiger partial charge in [-0.05, 0) is 43.9 Å². The van der Waals surface area contributed by atoms with Crippen LogP contribution in [0, 0.1) is 0 Å². The number of ether oxygens (including phenoxy) is 4. The van der Waals surface area contributed by atoms with Crippen molar-refractivity contribution in [1.82, 2.24) is 10.2 Å². The highest BCUT2D eigenvalue weighted by atomic mass is 127. The second-order valence-electron chi connectivity index (χ2n) is 7.41. The summed E-state index contributed by atoms with van der Waals surface area (Å²) in [5, 5.41) is 3.43. The van der Waals surface area contributed by atoms with Gasteiger partial charge in [0.15, 0.2) is 17.5 Å². The minimum absolute atomic E-state index is 0. The van der Waals surface area contributed by atoms with Crippen LogP contribution in [0.4, 0.5) is 0 Å². The molecule has 0 bridgehead atoms. The summed E-state index contributed by atoms with van der Waals surface area (Å²) < 4.78 is 23.1. The van der Waals surface area contributed by atoms with Crippen molar-refractivity contribution in [2.45, 2.75) is 51.9 Å². The molecule has 0 aromatic heterocycles. The molecule has 2 unspecified atom stereocenters. The van der Waals surface area contributed by atoms with Gasteiger partial charge in [0.05, 0.1) is 33.0 Å². The number of aliphatic imine (C=N–C) groups is 1. The summed E-state index contributed by atoms with van der Waals surface area (Å²) in [6, 6.07) is 6.02. The predicted octanol–water partition coefficient (Wildman–Crippen LogP) is 3.45. The first-order chi connectivity index (χ1) is 14.2. The third kappa shape index (κ3) is 6.88. The molecule has 1 aromatic carbocycles. The fraction of sp³-hybridized carbons (Fsp3) is 0.682. The molecule has 3 rings (SSSR count). The molecular weight excluding hydrogens is 497 g/mol. The molecule has 2 fully saturated rings. The van der Waals surface area contributed by atoms with Gasteiger partial charge in [-0.1, -0.05) is 13.0 Å². The van der Waals surface area contributed by atoms with Crippen molar-refractivity contribution in [2.24, 2.45) is 4.99 Å². The third-order valence-corrected chi connectivity index (χ3v) is 5.21. The average molecular weight is 533 g/mol. The van der Waals surface area contributed by atoms with Gasteiger partial charge in [-0.25, -0.2) is 4.99 Å². The molecule has 0 saturated carbocycles. The Hall–Kier alpha value is -1.26. The van der Waals surface area contributed by atoms with Crippen molar-refractivity contribution >= 4 is 29.9 Å². The number of hydrogen-bond donors (Lipinski definition) is 1. The van der Waals surface area contributed by atoms with Crippen LogP contribution in [-0.4, -0.2) is 69.6 Å². The van der Waals surface area contributed by atoms with Crippen LogP contribution >= 0.6 is 24.0 Å². The van der Waals surface area contributed by atoms with Gasteiger partial charge in [-0.3, -0.25) is 0 Å². The maximum absolute atomic E-state index is 5.98. The van der Waals surface area contributed by atoms with Crippen LogP contribution in [0.5, 0.6) is 11.5 Å². The first kappa shape index (κ1) is 25.0. The molecule has 30 heavy (non-hydrogen) atoms. The number of nitrogens with one attached hydrogen (secondary N) is 1. The molecular formula is C22H36IN3O4. The second kappa shape index (κ2) is 13.2. The Bertz CT molecular complexity index is 668. The van der Waals surface area contributed by atoms with Crippen LogP contribution in [-0.2, 0) is 16.0 Å². The Morgan fingerprint density at radius 1 is 1.20 bits per heavy atom. The molecule has 2 atom stereocenters. The Morgan fingerprint density at radius 3 is 2.73 bits per heavy atom. The molecule has 2 aliphatic heterocycles. The Balaban J connectivity index is 0.00000320. The predicted molar refractivity (Wildman–Crippen MR) is 129 cm³/mol. The third-order valence-electron chi connectivity index (χ3n) is 5.21. The lowest BCUT2D eigenvalue weighted by Gasteiger charge is -2.37. The number of nitrogens with zero attached hydrogens (tertiary/aromatic N) is 2. The lowest BCUT2D eigenvalue weighted by molar-refractivity contribution is -0.0817. The minimum atomic E-state index is 0. The van der Waals surface area contributed by atoms with E-state index in [-0.39, 0.29) is 36.2 Å². The molecule has 2 saturated heterocycles. The number of rotatable bonds is 8. The van der Waals surface area contributed by atoms with E-state index in [9.17, 15) is 0 Å². The normalized spacial score (nSPS) is 21.8. The number of halogens is 1. The van der Waals surface area contributed by atoms with Crippen molar-refractivity contribution in [1.29, 1.82) is 0 Å². The SMILES string of the molecule is CCCOc1ccc(CN=C(NCC)N2CCOC(C3CCCO3)C2)cc1OC.I. The Morgan fingerprint density at radius 2 is 2.03 bits per heavy atom. The smallest absolute Gasteiger partial charge is 0.194 e. The molecule has 1 N–H and O–H groups in total. The van der Waals surface area contributed by atoms with Gasteiger partial charge in [0.25, 0.3) is 0 Å². The topological polar surface area (TPSA) is 64.6 Å². The Kier molecular flexibility index (Phi) is 11.0. The molecule has 0 amide bonds. The molecule has 2 heterocycles. The largest absolute Gasteiger partial charge is 0.493 e. The highest BCUT2D eigenvalue weighted by molar-refractivity contribution is 14.0. The number of methoxy groups -OCH3 is 1. The second-order valence-corrected chi connectivity index (χ2v) is 7.41. The van der Waals surface area contributed by atoms with Gasteiger partial charge < -0.3 is 29.2 Å². The zero-order chi connectivity index (χ0) is 20.5. The molecule has 1 aromatic rings. The van der Waals surface area contributed by atoms with Gasteiger partial charge in [-0.15, -0.1) is 24.0 Å².